The molecule has 0 saturated heterocycles. The highest BCUT2D eigenvalue weighted by Gasteiger charge is 2.17. The van der Waals surface area contributed by atoms with Crippen LogP contribution in [0.2, 0.25) is 0 Å². The number of likely N-dealkylation sites (N-methyl/N-ethyl adjacent to an activating group) is 1. The van der Waals surface area contributed by atoms with E-state index in [9.17, 15) is 4.79 Å². The largest absolute Gasteiger partial charge is 0.454 e. The molecule has 0 fully saturated rings. The highest BCUT2D eigenvalue weighted by Crippen LogP contribution is 2.32. The van der Waals surface area contributed by atoms with Crippen LogP contribution in [0.3, 0.4) is 0 Å². The predicted octanol–water partition coefficient (Wildman–Crippen LogP) is 2.77. The Bertz CT molecular complexity index is 684. The van der Waals surface area contributed by atoms with Crippen LogP contribution < -0.4 is 9.47 Å². The van der Waals surface area contributed by atoms with Gasteiger partial charge in [-0.25, -0.2) is 4.98 Å². The first-order valence-corrected chi connectivity index (χ1v) is 8.11. The van der Waals surface area contributed by atoms with Crippen LogP contribution in [0.15, 0.2) is 23.6 Å². The van der Waals surface area contributed by atoms with Crippen LogP contribution in [-0.2, 0) is 17.8 Å². The lowest BCUT2D eigenvalue weighted by molar-refractivity contribution is -0.130. The number of fused-ring (bicyclic) bond motifs is 1. The molecule has 3 rings (SSSR count). The van der Waals surface area contributed by atoms with Crippen molar-refractivity contribution in [1.82, 2.24) is 9.88 Å². The maximum Gasteiger partial charge on any atom is 0.231 e. The Morgan fingerprint density at radius 3 is 2.91 bits per heavy atom. The van der Waals surface area contributed by atoms with Crippen LogP contribution in [0.5, 0.6) is 11.5 Å². The second kappa shape index (κ2) is 6.36. The minimum Gasteiger partial charge on any atom is -0.454 e. The average molecular weight is 318 g/mol. The molecule has 116 valence electrons. The quantitative estimate of drug-likeness (QED) is 0.850. The summed E-state index contributed by atoms with van der Waals surface area (Å²) in [5, 5.41) is 2.93. The molecule has 1 aromatic carbocycles. The molecule has 1 amide bonds. The van der Waals surface area contributed by atoms with Crippen molar-refractivity contribution in [1.29, 1.82) is 0 Å². The minimum atomic E-state index is 0.0884. The Hall–Kier alpha value is -2.08. The smallest absolute Gasteiger partial charge is 0.231 e. The van der Waals surface area contributed by atoms with E-state index >= 15 is 0 Å². The topological polar surface area (TPSA) is 51.7 Å². The van der Waals surface area contributed by atoms with Gasteiger partial charge in [-0.05, 0) is 31.5 Å². The third-order valence-electron chi connectivity index (χ3n) is 3.54. The van der Waals surface area contributed by atoms with Crippen LogP contribution in [0.1, 0.15) is 23.2 Å². The van der Waals surface area contributed by atoms with Crippen molar-refractivity contribution in [3.63, 3.8) is 0 Å². The van der Waals surface area contributed by atoms with Crippen molar-refractivity contribution in [2.45, 2.75) is 26.8 Å². The van der Waals surface area contributed by atoms with E-state index in [-0.39, 0.29) is 12.7 Å². The second-order valence-corrected chi connectivity index (χ2v) is 6.19. The lowest BCUT2D eigenvalue weighted by Crippen LogP contribution is -2.31. The molecule has 0 atom stereocenters. The van der Waals surface area contributed by atoms with Gasteiger partial charge in [0.15, 0.2) is 11.5 Å². The zero-order valence-electron chi connectivity index (χ0n) is 12.7. The van der Waals surface area contributed by atoms with Gasteiger partial charge < -0.3 is 14.4 Å². The lowest BCUT2D eigenvalue weighted by Gasteiger charge is -2.20. The minimum absolute atomic E-state index is 0.0884. The number of rotatable bonds is 5. The second-order valence-electron chi connectivity index (χ2n) is 5.13. The third kappa shape index (κ3) is 3.22. The number of carbonyl (C=O) groups excluding carboxylic acids is 1. The number of carbonyl (C=O) groups is 1. The maximum atomic E-state index is 12.4. The molecule has 0 N–H and O–H groups in total. The molecular weight excluding hydrogens is 300 g/mol. The number of aromatic nitrogens is 1. The molecule has 2 aromatic rings. The van der Waals surface area contributed by atoms with Gasteiger partial charge in [-0.2, -0.15) is 0 Å². The van der Waals surface area contributed by atoms with Gasteiger partial charge in [0.2, 0.25) is 12.7 Å². The monoisotopic (exact) mass is 318 g/mol. The Kier molecular flexibility index (Phi) is 4.29. The Morgan fingerprint density at radius 2 is 2.18 bits per heavy atom. The highest BCUT2D eigenvalue weighted by molar-refractivity contribution is 7.09. The number of hydrogen-bond acceptors (Lipinski definition) is 5. The number of ether oxygens (including phenoxy) is 2. The molecule has 1 aromatic heterocycles. The van der Waals surface area contributed by atoms with Gasteiger partial charge in [-0.15, -0.1) is 11.3 Å². The van der Waals surface area contributed by atoms with E-state index in [2.05, 4.69) is 4.98 Å². The van der Waals surface area contributed by atoms with Gasteiger partial charge in [0.25, 0.3) is 0 Å². The summed E-state index contributed by atoms with van der Waals surface area (Å²) in [5.74, 6) is 1.60. The van der Waals surface area contributed by atoms with Crippen molar-refractivity contribution in [2.24, 2.45) is 0 Å². The van der Waals surface area contributed by atoms with E-state index < -0.39 is 0 Å². The summed E-state index contributed by atoms with van der Waals surface area (Å²) in [4.78, 5) is 18.6. The van der Waals surface area contributed by atoms with Gasteiger partial charge >= 0.3 is 0 Å². The standard InChI is InChI=1S/C16H18N2O3S/c1-3-18(16(19)7-13-9-22-11(2)17-13)8-12-4-5-14-15(6-12)21-10-20-14/h4-6,9H,3,7-8,10H2,1-2H3. The number of hydrogen-bond donors (Lipinski definition) is 0. The van der Waals surface area contributed by atoms with Crippen LogP contribution in [-0.4, -0.2) is 29.1 Å². The molecule has 0 spiro atoms. The van der Waals surface area contributed by atoms with E-state index in [1.807, 2.05) is 42.3 Å². The van der Waals surface area contributed by atoms with Crippen LogP contribution in [0, 0.1) is 6.92 Å². The number of aryl methyl sites for hydroxylation is 1. The molecule has 0 bridgehead atoms. The SMILES string of the molecule is CCN(Cc1ccc2c(c1)OCO2)C(=O)Cc1csc(C)n1. The molecule has 22 heavy (non-hydrogen) atoms. The van der Waals surface area contributed by atoms with Gasteiger partial charge in [-0.1, -0.05) is 6.07 Å². The number of nitrogens with zero attached hydrogens (tertiary/aromatic N) is 2. The normalized spacial score (nSPS) is 12.5. The zero-order valence-corrected chi connectivity index (χ0v) is 13.5. The summed E-state index contributed by atoms with van der Waals surface area (Å²) in [7, 11) is 0. The molecule has 6 heteroatoms. The van der Waals surface area contributed by atoms with E-state index in [0.717, 1.165) is 27.8 Å². The lowest BCUT2D eigenvalue weighted by atomic mass is 10.1. The van der Waals surface area contributed by atoms with Gasteiger partial charge in [0.05, 0.1) is 17.1 Å². The maximum absolute atomic E-state index is 12.4. The van der Waals surface area contributed by atoms with Crippen molar-refractivity contribution >= 4 is 17.2 Å². The van der Waals surface area contributed by atoms with Gasteiger partial charge in [0.1, 0.15) is 0 Å². The predicted molar refractivity (Wildman–Crippen MR) is 84.2 cm³/mol. The first-order chi connectivity index (χ1) is 10.7. The molecule has 1 aliphatic rings. The fourth-order valence-corrected chi connectivity index (χ4v) is 3.00. The van der Waals surface area contributed by atoms with E-state index in [1.165, 1.54) is 0 Å². The fraction of sp³-hybridized carbons (Fsp3) is 0.375. The van der Waals surface area contributed by atoms with Crippen LogP contribution in [0.4, 0.5) is 0 Å². The Morgan fingerprint density at radius 1 is 1.36 bits per heavy atom. The number of amides is 1. The summed E-state index contributed by atoms with van der Waals surface area (Å²) in [6, 6.07) is 5.79. The Labute approximate surface area is 133 Å². The molecule has 0 radical (unpaired) electrons. The average Bonchev–Trinajstić information content (AvgIpc) is 3.12. The Balaban J connectivity index is 1.67. The van der Waals surface area contributed by atoms with E-state index in [1.54, 1.807) is 11.3 Å². The van der Waals surface area contributed by atoms with Crippen molar-refractivity contribution in [3.8, 4) is 11.5 Å². The molecule has 0 aliphatic carbocycles. The number of thiazole rings is 1. The molecule has 0 unspecified atom stereocenters. The van der Waals surface area contributed by atoms with Crippen molar-refractivity contribution < 1.29 is 14.3 Å². The van der Waals surface area contributed by atoms with Crippen LogP contribution >= 0.6 is 11.3 Å². The van der Waals surface area contributed by atoms with Crippen molar-refractivity contribution in [2.75, 3.05) is 13.3 Å². The first-order valence-electron chi connectivity index (χ1n) is 7.23. The highest BCUT2D eigenvalue weighted by atomic mass is 32.1. The fourth-order valence-electron chi connectivity index (χ4n) is 2.39. The van der Waals surface area contributed by atoms with Crippen molar-refractivity contribution in [3.05, 3.63) is 39.8 Å². The van der Waals surface area contributed by atoms with Crippen LogP contribution in [0.25, 0.3) is 0 Å². The molecular formula is C16H18N2O3S. The summed E-state index contributed by atoms with van der Waals surface area (Å²) in [6.45, 7) is 5.42. The van der Waals surface area contributed by atoms with E-state index in [0.29, 0.717) is 19.5 Å². The number of benzene rings is 1. The van der Waals surface area contributed by atoms with Gasteiger partial charge in [0, 0.05) is 18.5 Å². The zero-order chi connectivity index (χ0) is 15.5. The summed E-state index contributed by atoms with van der Waals surface area (Å²) in [6.07, 6.45) is 0.350. The molecule has 1 aliphatic heterocycles. The summed E-state index contributed by atoms with van der Waals surface area (Å²) in [5.41, 5.74) is 1.88. The summed E-state index contributed by atoms with van der Waals surface area (Å²) >= 11 is 1.57. The molecule has 0 saturated carbocycles. The first kappa shape index (κ1) is 14.8. The van der Waals surface area contributed by atoms with Gasteiger partial charge in [-0.3, -0.25) is 4.79 Å². The van der Waals surface area contributed by atoms with E-state index in [4.69, 9.17) is 9.47 Å². The third-order valence-corrected chi connectivity index (χ3v) is 4.37. The summed E-state index contributed by atoms with van der Waals surface area (Å²) < 4.78 is 10.7. The molecule has 5 nitrogen and oxygen atoms in total. The molecule has 2 heterocycles.